The van der Waals surface area contributed by atoms with Crippen molar-refractivity contribution < 1.29 is 14.6 Å². The lowest BCUT2D eigenvalue weighted by Crippen LogP contribution is -2.00. The number of nitrogens with zero attached hydrogens (tertiary/aromatic N) is 1. The van der Waals surface area contributed by atoms with Crippen LogP contribution in [0.3, 0.4) is 0 Å². The Kier molecular flexibility index (Phi) is 5.91. The van der Waals surface area contributed by atoms with Crippen LogP contribution in [0.25, 0.3) is 0 Å². The molecule has 1 N–H and O–H groups in total. The van der Waals surface area contributed by atoms with Gasteiger partial charge in [0.1, 0.15) is 0 Å². The molecule has 0 saturated heterocycles. The Morgan fingerprint density at radius 3 is 2.76 bits per heavy atom. The van der Waals surface area contributed by atoms with E-state index in [1.807, 2.05) is 0 Å². The molecule has 4 heteroatoms. The van der Waals surface area contributed by atoms with Gasteiger partial charge in [0.05, 0.1) is 26.4 Å². The monoisotopic (exact) mass is 235 g/mol. The first kappa shape index (κ1) is 13.3. The van der Waals surface area contributed by atoms with Crippen LogP contribution >= 0.6 is 0 Å². The van der Waals surface area contributed by atoms with Crippen molar-refractivity contribution in [2.45, 2.75) is 25.9 Å². The lowest BCUT2D eigenvalue weighted by atomic mass is 10.2. The number of aliphatic hydroxyl groups excluding tert-OH is 1. The lowest BCUT2D eigenvalue weighted by Gasteiger charge is -2.11. The van der Waals surface area contributed by atoms with Crippen LogP contribution in [0.15, 0.2) is 18.2 Å². The first-order valence-electron chi connectivity index (χ1n) is 5.59. The van der Waals surface area contributed by atoms with E-state index in [1.54, 1.807) is 25.3 Å². The highest BCUT2D eigenvalue weighted by Gasteiger charge is 2.05. The third-order valence-corrected chi connectivity index (χ3v) is 2.35. The number of nitriles is 1. The van der Waals surface area contributed by atoms with Gasteiger partial charge >= 0.3 is 0 Å². The smallest absolute Gasteiger partial charge is 0.161 e. The first-order valence-corrected chi connectivity index (χ1v) is 5.59. The quantitative estimate of drug-likeness (QED) is 0.736. The third-order valence-electron chi connectivity index (χ3n) is 2.35. The second-order valence-electron chi connectivity index (χ2n) is 3.61. The van der Waals surface area contributed by atoms with Crippen molar-refractivity contribution >= 4 is 0 Å². The van der Waals surface area contributed by atoms with Crippen LogP contribution in [0.1, 0.15) is 24.8 Å². The molecule has 1 rings (SSSR count). The molecule has 92 valence electrons. The fourth-order valence-electron chi connectivity index (χ4n) is 1.42. The minimum absolute atomic E-state index is 0.0151. The first-order chi connectivity index (χ1) is 8.31. The van der Waals surface area contributed by atoms with Crippen LogP contribution in [0, 0.1) is 11.3 Å². The summed E-state index contributed by atoms with van der Waals surface area (Å²) in [6, 6.07) is 7.44. The van der Waals surface area contributed by atoms with E-state index in [2.05, 4.69) is 6.07 Å². The molecule has 17 heavy (non-hydrogen) atoms. The summed E-state index contributed by atoms with van der Waals surface area (Å²) in [6.07, 6.45) is 2.25. The van der Waals surface area contributed by atoms with Gasteiger partial charge in [0, 0.05) is 6.42 Å². The number of methoxy groups -OCH3 is 1. The summed E-state index contributed by atoms with van der Waals surface area (Å²) in [5, 5.41) is 17.4. The average molecular weight is 235 g/mol. The molecular formula is C13H17NO3. The number of hydrogen-bond donors (Lipinski definition) is 1. The molecule has 0 bridgehead atoms. The minimum Gasteiger partial charge on any atom is -0.493 e. The fraction of sp³-hybridized carbons (Fsp3) is 0.462. The minimum atomic E-state index is -0.0151. The van der Waals surface area contributed by atoms with Gasteiger partial charge in [0.2, 0.25) is 0 Å². The molecule has 1 aromatic rings. The largest absolute Gasteiger partial charge is 0.493 e. The van der Waals surface area contributed by atoms with Gasteiger partial charge < -0.3 is 14.6 Å². The van der Waals surface area contributed by atoms with Crippen LogP contribution in [-0.4, -0.2) is 18.8 Å². The van der Waals surface area contributed by atoms with E-state index in [-0.39, 0.29) is 6.61 Å². The SMILES string of the molecule is COc1cc(CO)ccc1OCCCCC#N. The second-order valence-corrected chi connectivity index (χ2v) is 3.61. The Labute approximate surface area is 101 Å². The van der Waals surface area contributed by atoms with Crippen LogP contribution < -0.4 is 9.47 Å². The fourth-order valence-corrected chi connectivity index (χ4v) is 1.42. The van der Waals surface area contributed by atoms with Gasteiger partial charge in [-0.05, 0) is 30.5 Å². The van der Waals surface area contributed by atoms with Crippen molar-refractivity contribution in [1.82, 2.24) is 0 Å². The van der Waals surface area contributed by atoms with Crippen LogP contribution in [0.2, 0.25) is 0 Å². The van der Waals surface area contributed by atoms with E-state index >= 15 is 0 Å². The maximum absolute atomic E-state index is 8.99. The zero-order valence-electron chi connectivity index (χ0n) is 9.98. The average Bonchev–Trinajstić information content (AvgIpc) is 2.38. The Balaban J connectivity index is 2.50. The van der Waals surface area contributed by atoms with Gasteiger partial charge in [-0.3, -0.25) is 0 Å². The topological polar surface area (TPSA) is 62.5 Å². The van der Waals surface area contributed by atoms with Crippen molar-refractivity contribution in [2.24, 2.45) is 0 Å². The van der Waals surface area contributed by atoms with E-state index < -0.39 is 0 Å². The number of benzene rings is 1. The van der Waals surface area contributed by atoms with E-state index in [0.717, 1.165) is 18.4 Å². The molecule has 0 fully saturated rings. The Hall–Kier alpha value is -1.73. The Morgan fingerprint density at radius 2 is 2.12 bits per heavy atom. The number of hydrogen-bond acceptors (Lipinski definition) is 4. The van der Waals surface area contributed by atoms with Gasteiger partial charge in [-0.1, -0.05) is 6.07 Å². The second kappa shape index (κ2) is 7.53. The molecule has 4 nitrogen and oxygen atoms in total. The maximum atomic E-state index is 8.99. The summed E-state index contributed by atoms with van der Waals surface area (Å²) in [5.74, 6) is 1.29. The van der Waals surface area contributed by atoms with Crippen LogP contribution in [0.4, 0.5) is 0 Å². The molecule has 0 aromatic heterocycles. The van der Waals surface area contributed by atoms with Gasteiger partial charge in [-0.15, -0.1) is 0 Å². The van der Waals surface area contributed by atoms with Gasteiger partial charge in [-0.25, -0.2) is 0 Å². The summed E-state index contributed by atoms with van der Waals surface area (Å²) in [7, 11) is 1.57. The highest BCUT2D eigenvalue weighted by Crippen LogP contribution is 2.28. The zero-order valence-corrected chi connectivity index (χ0v) is 9.98. The van der Waals surface area contributed by atoms with Crippen LogP contribution in [-0.2, 0) is 6.61 Å². The highest BCUT2D eigenvalue weighted by molar-refractivity contribution is 5.42. The molecule has 0 atom stereocenters. The van der Waals surface area contributed by atoms with Crippen molar-refractivity contribution in [3.05, 3.63) is 23.8 Å². The summed E-state index contributed by atoms with van der Waals surface area (Å²) >= 11 is 0. The normalized spacial score (nSPS) is 9.71. The predicted molar refractivity (Wildman–Crippen MR) is 63.9 cm³/mol. The summed E-state index contributed by atoms with van der Waals surface area (Å²) in [5.41, 5.74) is 0.790. The molecular weight excluding hydrogens is 218 g/mol. The standard InChI is InChI=1S/C13H17NO3/c1-16-13-9-11(10-15)5-6-12(13)17-8-4-2-3-7-14/h5-6,9,15H,2-4,8,10H2,1H3. The molecule has 0 aliphatic rings. The summed E-state index contributed by atoms with van der Waals surface area (Å²) < 4.78 is 10.7. The predicted octanol–water partition coefficient (Wildman–Crippen LogP) is 2.26. The van der Waals surface area contributed by atoms with Crippen LogP contribution in [0.5, 0.6) is 11.5 Å². The molecule has 0 aliphatic heterocycles. The number of ether oxygens (including phenoxy) is 2. The number of rotatable bonds is 7. The molecule has 0 spiro atoms. The molecule has 1 aromatic carbocycles. The molecule has 0 saturated carbocycles. The van der Waals surface area contributed by atoms with Crippen molar-refractivity contribution in [1.29, 1.82) is 5.26 Å². The number of aliphatic hydroxyl groups is 1. The number of unbranched alkanes of at least 4 members (excludes halogenated alkanes) is 2. The Morgan fingerprint density at radius 1 is 1.29 bits per heavy atom. The van der Waals surface area contributed by atoms with Crippen molar-refractivity contribution in [2.75, 3.05) is 13.7 Å². The summed E-state index contributed by atoms with van der Waals surface area (Å²) in [4.78, 5) is 0. The summed E-state index contributed by atoms with van der Waals surface area (Å²) in [6.45, 7) is 0.551. The van der Waals surface area contributed by atoms with E-state index in [4.69, 9.17) is 19.8 Å². The van der Waals surface area contributed by atoms with Crippen molar-refractivity contribution in [3.8, 4) is 17.6 Å². The Bertz CT molecular complexity index is 385. The molecule has 0 amide bonds. The molecule has 0 radical (unpaired) electrons. The maximum Gasteiger partial charge on any atom is 0.161 e. The lowest BCUT2D eigenvalue weighted by molar-refractivity contribution is 0.275. The highest BCUT2D eigenvalue weighted by atomic mass is 16.5. The van der Waals surface area contributed by atoms with E-state index in [9.17, 15) is 0 Å². The van der Waals surface area contributed by atoms with Gasteiger partial charge in [-0.2, -0.15) is 5.26 Å². The zero-order chi connectivity index (χ0) is 12.5. The third kappa shape index (κ3) is 4.33. The van der Waals surface area contributed by atoms with Crippen molar-refractivity contribution in [3.63, 3.8) is 0 Å². The molecule has 0 aliphatic carbocycles. The molecule has 0 unspecified atom stereocenters. The van der Waals surface area contributed by atoms with E-state index in [1.165, 1.54) is 0 Å². The van der Waals surface area contributed by atoms with E-state index in [0.29, 0.717) is 24.5 Å². The van der Waals surface area contributed by atoms with Gasteiger partial charge in [0.25, 0.3) is 0 Å². The molecule has 0 heterocycles. The van der Waals surface area contributed by atoms with Gasteiger partial charge in [0.15, 0.2) is 11.5 Å².